The lowest BCUT2D eigenvalue weighted by Crippen LogP contribution is -2.29. The smallest absolute Gasteiger partial charge is 0.247 e. The lowest BCUT2D eigenvalue weighted by molar-refractivity contribution is -0.117. The van der Waals surface area contributed by atoms with E-state index in [-0.39, 0.29) is 5.25 Å². The van der Waals surface area contributed by atoms with Gasteiger partial charge in [0.1, 0.15) is 0 Å². The number of amides is 1. The van der Waals surface area contributed by atoms with Gasteiger partial charge in [0.25, 0.3) is 0 Å². The van der Waals surface area contributed by atoms with Gasteiger partial charge in [-0.3, -0.25) is 9.00 Å². The largest absolute Gasteiger partial charge is 0.368 e. The van der Waals surface area contributed by atoms with Gasteiger partial charge in [-0.15, -0.1) is 12.6 Å². The van der Waals surface area contributed by atoms with Crippen molar-refractivity contribution in [3.63, 3.8) is 0 Å². The highest BCUT2D eigenvalue weighted by Crippen LogP contribution is 2.47. The first-order chi connectivity index (χ1) is 6.05. The molecule has 76 valence electrons. The van der Waals surface area contributed by atoms with Crippen LogP contribution in [0.3, 0.4) is 0 Å². The van der Waals surface area contributed by atoms with Gasteiger partial charge in [0.05, 0.1) is 16.0 Å². The van der Waals surface area contributed by atoms with Crippen LogP contribution >= 0.6 is 12.6 Å². The maximum atomic E-state index is 11.3. The van der Waals surface area contributed by atoms with E-state index in [1.165, 1.54) is 0 Å². The van der Waals surface area contributed by atoms with Gasteiger partial charge in [-0.05, 0) is 6.42 Å². The number of nitrogens with two attached hydrogens (primary N) is 1. The van der Waals surface area contributed by atoms with Crippen LogP contribution in [0.15, 0.2) is 0 Å². The molecule has 0 aromatic heterocycles. The Bertz CT molecular complexity index is 244. The second kappa shape index (κ2) is 4.00. The van der Waals surface area contributed by atoms with Crippen LogP contribution in [0.1, 0.15) is 32.6 Å². The number of hydrogen-bond donors (Lipinski definition) is 2. The minimum Gasteiger partial charge on any atom is -0.368 e. The first-order valence-electron chi connectivity index (χ1n) is 4.48. The molecule has 0 radical (unpaired) electrons. The molecule has 1 aliphatic heterocycles. The highest BCUT2D eigenvalue weighted by atomic mass is 32.2. The molecule has 0 bridgehead atoms. The molecule has 0 saturated carbocycles. The van der Waals surface area contributed by atoms with Gasteiger partial charge >= 0.3 is 0 Å². The van der Waals surface area contributed by atoms with Crippen LogP contribution in [0.25, 0.3) is 0 Å². The van der Waals surface area contributed by atoms with Gasteiger partial charge in [-0.2, -0.15) is 0 Å². The van der Waals surface area contributed by atoms with E-state index in [2.05, 4.69) is 19.6 Å². The first kappa shape index (κ1) is 11.0. The van der Waals surface area contributed by atoms with E-state index in [0.717, 1.165) is 25.7 Å². The van der Waals surface area contributed by atoms with Crippen molar-refractivity contribution in [2.75, 3.05) is 0 Å². The van der Waals surface area contributed by atoms with Crippen molar-refractivity contribution in [2.24, 2.45) is 5.73 Å². The normalized spacial score (nSPS) is 37.4. The summed E-state index contributed by atoms with van der Waals surface area (Å²) in [6, 6.07) is 0. The Morgan fingerprint density at radius 2 is 2.23 bits per heavy atom. The van der Waals surface area contributed by atoms with Crippen LogP contribution in [-0.4, -0.2) is 19.4 Å². The van der Waals surface area contributed by atoms with E-state index < -0.39 is 20.8 Å². The molecule has 2 N–H and O–H groups in total. The Kier molecular flexibility index (Phi) is 3.40. The Morgan fingerprint density at radius 1 is 1.62 bits per heavy atom. The quantitative estimate of drug-likeness (QED) is 0.410. The summed E-state index contributed by atoms with van der Waals surface area (Å²) in [4.78, 5) is 10.9. The molecule has 0 aromatic carbocycles. The van der Waals surface area contributed by atoms with Crippen molar-refractivity contribution < 1.29 is 9.00 Å². The standard InChI is InChI=1S/C8H15NO2S2/c1-2-3-4-5-6-8(12,7(9)10)13(6)11/h6,12H,2-5H2,1H3,(H2,9,10). The maximum Gasteiger partial charge on any atom is 0.247 e. The first-order valence-corrected chi connectivity index (χ1v) is 6.14. The number of hydrogen-bond acceptors (Lipinski definition) is 3. The average molecular weight is 221 g/mol. The molecule has 13 heavy (non-hydrogen) atoms. The van der Waals surface area contributed by atoms with Crippen LogP contribution in [0.4, 0.5) is 0 Å². The predicted octanol–water partition coefficient (Wildman–Crippen LogP) is 0.809. The molecule has 5 heteroatoms. The molecule has 0 aliphatic carbocycles. The molecule has 1 fully saturated rings. The Hall–Kier alpha value is -0.0300. The second-order valence-electron chi connectivity index (χ2n) is 3.34. The molecule has 1 rings (SSSR count). The summed E-state index contributed by atoms with van der Waals surface area (Å²) in [6.07, 6.45) is 4.03. The fourth-order valence-corrected chi connectivity index (χ4v) is 3.56. The summed E-state index contributed by atoms with van der Waals surface area (Å²) >= 11 is 4.08. The molecular weight excluding hydrogens is 206 g/mol. The van der Waals surface area contributed by atoms with Gasteiger partial charge in [0.15, 0.2) is 4.08 Å². The molecular formula is C8H15NO2S2. The van der Waals surface area contributed by atoms with Crippen molar-refractivity contribution in [2.45, 2.75) is 41.9 Å². The highest BCUT2D eigenvalue weighted by molar-refractivity contribution is 8.11. The maximum absolute atomic E-state index is 11.3. The predicted molar refractivity (Wildman–Crippen MR) is 57.0 cm³/mol. The molecule has 1 heterocycles. The van der Waals surface area contributed by atoms with Crippen molar-refractivity contribution >= 4 is 29.3 Å². The molecule has 1 amide bonds. The van der Waals surface area contributed by atoms with Crippen molar-refractivity contribution in [1.82, 2.24) is 0 Å². The molecule has 3 unspecified atom stereocenters. The molecule has 3 nitrogen and oxygen atoms in total. The van der Waals surface area contributed by atoms with E-state index in [1.807, 2.05) is 0 Å². The summed E-state index contributed by atoms with van der Waals surface area (Å²) in [7, 11) is -1.15. The van der Waals surface area contributed by atoms with Crippen LogP contribution in [0.5, 0.6) is 0 Å². The minimum atomic E-state index is -1.15. The fraction of sp³-hybridized carbons (Fsp3) is 0.875. The number of unbranched alkanes of at least 4 members (excludes halogenated alkanes) is 2. The number of carbonyl (C=O) groups is 1. The second-order valence-corrected chi connectivity index (χ2v) is 6.16. The van der Waals surface area contributed by atoms with Crippen LogP contribution in [-0.2, 0) is 15.6 Å². The Balaban J connectivity index is 2.40. The summed E-state index contributed by atoms with van der Waals surface area (Å²) in [5, 5.41) is -0.111. The van der Waals surface area contributed by atoms with Crippen LogP contribution < -0.4 is 5.73 Å². The van der Waals surface area contributed by atoms with Gasteiger partial charge < -0.3 is 5.73 Å². The van der Waals surface area contributed by atoms with Gasteiger partial charge in [0.2, 0.25) is 5.91 Å². The van der Waals surface area contributed by atoms with Gasteiger partial charge in [-0.1, -0.05) is 26.2 Å². The Morgan fingerprint density at radius 3 is 2.62 bits per heavy atom. The third-order valence-electron chi connectivity index (χ3n) is 2.37. The van der Waals surface area contributed by atoms with E-state index in [1.54, 1.807) is 0 Å². The van der Waals surface area contributed by atoms with Crippen molar-refractivity contribution in [3.8, 4) is 0 Å². The summed E-state index contributed by atoms with van der Waals surface area (Å²) in [5.74, 6) is -0.546. The molecule has 1 aliphatic rings. The number of carbonyl (C=O) groups excluding carboxylic acids is 1. The summed E-state index contributed by atoms with van der Waals surface area (Å²) < 4.78 is 10.3. The third-order valence-corrected chi connectivity index (χ3v) is 5.57. The molecule has 3 atom stereocenters. The van der Waals surface area contributed by atoms with Crippen molar-refractivity contribution in [3.05, 3.63) is 0 Å². The number of rotatable bonds is 5. The monoisotopic (exact) mass is 221 g/mol. The van der Waals surface area contributed by atoms with E-state index in [4.69, 9.17) is 5.73 Å². The number of thiol groups is 1. The molecule has 1 saturated heterocycles. The zero-order chi connectivity index (χ0) is 10.1. The zero-order valence-electron chi connectivity index (χ0n) is 7.66. The number of primary amides is 1. The van der Waals surface area contributed by atoms with E-state index >= 15 is 0 Å². The third kappa shape index (κ3) is 1.91. The SMILES string of the molecule is CCCCCC1S(=O)C1(S)C(N)=O. The lowest BCUT2D eigenvalue weighted by atomic mass is 10.1. The Labute approximate surface area is 86.3 Å². The van der Waals surface area contributed by atoms with Crippen LogP contribution in [0, 0.1) is 0 Å². The minimum absolute atomic E-state index is 0.111. The van der Waals surface area contributed by atoms with Gasteiger partial charge in [0, 0.05) is 0 Å². The topological polar surface area (TPSA) is 60.2 Å². The fourth-order valence-electron chi connectivity index (χ4n) is 1.42. The summed E-state index contributed by atoms with van der Waals surface area (Å²) in [6.45, 7) is 2.10. The van der Waals surface area contributed by atoms with Gasteiger partial charge in [-0.25, -0.2) is 0 Å². The van der Waals surface area contributed by atoms with Crippen molar-refractivity contribution in [1.29, 1.82) is 0 Å². The zero-order valence-corrected chi connectivity index (χ0v) is 9.37. The van der Waals surface area contributed by atoms with Crippen LogP contribution in [0.2, 0.25) is 0 Å². The average Bonchev–Trinajstić information content (AvgIpc) is 2.59. The van der Waals surface area contributed by atoms with E-state index in [9.17, 15) is 9.00 Å². The summed E-state index contributed by atoms with van der Waals surface area (Å²) in [5.41, 5.74) is 5.11. The molecule has 0 spiro atoms. The lowest BCUT2D eigenvalue weighted by Gasteiger charge is -2.00. The van der Waals surface area contributed by atoms with E-state index in [0.29, 0.717) is 0 Å². The highest BCUT2D eigenvalue weighted by Gasteiger charge is 2.65. The molecule has 0 aromatic rings.